The number of methoxy groups -OCH3 is 2. The Labute approximate surface area is 146 Å². The Morgan fingerprint density at radius 2 is 1.80 bits per heavy atom. The van der Waals surface area contributed by atoms with Crippen molar-refractivity contribution in [3.8, 4) is 11.5 Å². The van der Waals surface area contributed by atoms with Gasteiger partial charge in [-0.1, -0.05) is 24.3 Å². The van der Waals surface area contributed by atoms with Gasteiger partial charge in [0.25, 0.3) is 0 Å². The lowest BCUT2D eigenvalue weighted by molar-refractivity contribution is 0.181. The van der Waals surface area contributed by atoms with E-state index in [1.54, 1.807) is 24.3 Å². The van der Waals surface area contributed by atoms with Crippen LogP contribution in [0.1, 0.15) is 17.2 Å². The minimum atomic E-state index is -3.79. The summed E-state index contributed by atoms with van der Waals surface area (Å²) in [6.07, 6.45) is -1.09. The van der Waals surface area contributed by atoms with E-state index >= 15 is 0 Å². The summed E-state index contributed by atoms with van der Waals surface area (Å²) in [7, 11) is -0.840. The summed E-state index contributed by atoms with van der Waals surface area (Å²) in [6, 6.07) is 10.4. The van der Waals surface area contributed by atoms with Gasteiger partial charge in [0.15, 0.2) is 11.5 Å². The molecule has 0 spiro atoms. The third-order valence-electron chi connectivity index (χ3n) is 3.59. The minimum absolute atomic E-state index is 0.0654. The van der Waals surface area contributed by atoms with Gasteiger partial charge in [-0.15, -0.1) is 0 Å². The van der Waals surface area contributed by atoms with Crippen LogP contribution in [0, 0.1) is 5.82 Å². The Morgan fingerprint density at radius 1 is 1.12 bits per heavy atom. The van der Waals surface area contributed by atoms with Crippen molar-refractivity contribution in [2.45, 2.75) is 11.9 Å². The first-order valence-electron chi connectivity index (χ1n) is 7.47. The van der Waals surface area contributed by atoms with Crippen molar-refractivity contribution < 1.29 is 27.4 Å². The number of hydrogen-bond acceptors (Lipinski definition) is 5. The zero-order valence-corrected chi connectivity index (χ0v) is 14.7. The van der Waals surface area contributed by atoms with Crippen LogP contribution in [-0.2, 0) is 15.8 Å². The lowest BCUT2D eigenvalue weighted by Gasteiger charge is -2.15. The zero-order chi connectivity index (χ0) is 18.4. The Kier molecular flexibility index (Phi) is 6.35. The van der Waals surface area contributed by atoms with Gasteiger partial charge in [-0.25, -0.2) is 17.5 Å². The largest absolute Gasteiger partial charge is 0.493 e. The van der Waals surface area contributed by atoms with E-state index in [4.69, 9.17) is 9.47 Å². The molecule has 0 saturated carbocycles. The summed E-state index contributed by atoms with van der Waals surface area (Å²) in [5.74, 6) is -0.168. The zero-order valence-electron chi connectivity index (χ0n) is 13.9. The molecule has 0 aliphatic rings. The van der Waals surface area contributed by atoms with Crippen LogP contribution in [0.25, 0.3) is 0 Å². The van der Waals surface area contributed by atoms with E-state index < -0.39 is 27.7 Å². The molecule has 25 heavy (non-hydrogen) atoms. The van der Waals surface area contributed by atoms with Gasteiger partial charge in [-0.2, -0.15) is 0 Å². The molecule has 2 rings (SSSR count). The first kappa shape index (κ1) is 19.2. The Balaban J connectivity index is 2.03. The standard InChI is InChI=1S/C17H20FNO5S/c1-23-16-8-7-12(9-17(16)24-2)15(20)10-19-25(21,22)11-13-5-3-4-6-14(13)18/h3-9,15,19-20H,10-11H2,1-2H3. The first-order chi connectivity index (χ1) is 11.9. The number of aliphatic hydroxyl groups is 1. The normalized spacial score (nSPS) is 12.6. The lowest BCUT2D eigenvalue weighted by atomic mass is 10.1. The molecule has 2 aromatic carbocycles. The molecule has 0 heterocycles. The first-order valence-corrected chi connectivity index (χ1v) is 9.12. The molecule has 8 heteroatoms. The van der Waals surface area contributed by atoms with Crippen LogP contribution < -0.4 is 14.2 Å². The molecule has 2 N–H and O–H groups in total. The van der Waals surface area contributed by atoms with E-state index in [-0.39, 0.29) is 12.1 Å². The quantitative estimate of drug-likeness (QED) is 0.743. The van der Waals surface area contributed by atoms with Crippen molar-refractivity contribution in [3.63, 3.8) is 0 Å². The topological polar surface area (TPSA) is 84.9 Å². The number of benzene rings is 2. The Bertz CT molecular complexity index is 826. The molecule has 0 saturated heterocycles. The van der Waals surface area contributed by atoms with Crippen LogP contribution in [0.2, 0.25) is 0 Å². The maximum Gasteiger partial charge on any atom is 0.215 e. The van der Waals surface area contributed by atoms with E-state index in [1.807, 2.05) is 0 Å². The van der Waals surface area contributed by atoms with Gasteiger partial charge in [0, 0.05) is 12.1 Å². The SMILES string of the molecule is COc1ccc(C(O)CNS(=O)(=O)Cc2ccccc2F)cc1OC. The van der Waals surface area contributed by atoms with Gasteiger partial charge in [0.1, 0.15) is 5.82 Å². The Hall–Kier alpha value is -2.16. The molecule has 0 aliphatic heterocycles. The van der Waals surface area contributed by atoms with Crippen molar-refractivity contribution >= 4 is 10.0 Å². The van der Waals surface area contributed by atoms with Crippen molar-refractivity contribution in [1.29, 1.82) is 0 Å². The summed E-state index contributed by atoms with van der Waals surface area (Å²) >= 11 is 0. The maximum atomic E-state index is 13.6. The fourth-order valence-corrected chi connectivity index (χ4v) is 3.41. The fourth-order valence-electron chi connectivity index (χ4n) is 2.26. The summed E-state index contributed by atoms with van der Waals surface area (Å²) in [5.41, 5.74) is 0.529. The molecule has 0 aromatic heterocycles. The smallest absolute Gasteiger partial charge is 0.215 e. The molecular formula is C17H20FNO5S. The maximum absolute atomic E-state index is 13.6. The molecule has 0 radical (unpaired) electrons. The number of rotatable bonds is 8. The highest BCUT2D eigenvalue weighted by Crippen LogP contribution is 2.29. The lowest BCUT2D eigenvalue weighted by Crippen LogP contribution is -2.29. The highest BCUT2D eigenvalue weighted by atomic mass is 32.2. The van der Waals surface area contributed by atoms with Crippen molar-refractivity contribution in [1.82, 2.24) is 4.72 Å². The number of aliphatic hydroxyl groups excluding tert-OH is 1. The molecule has 6 nitrogen and oxygen atoms in total. The molecule has 136 valence electrons. The van der Waals surface area contributed by atoms with Crippen molar-refractivity contribution in [2.75, 3.05) is 20.8 Å². The molecule has 0 bridgehead atoms. The van der Waals surface area contributed by atoms with Crippen LogP contribution >= 0.6 is 0 Å². The van der Waals surface area contributed by atoms with E-state index in [0.717, 1.165) is 0 Å². The van der Waals surface area contributed by atoms with E-state index in [2.05, 4.69) is 4.72 Å². The van der Waals surface area contributed by atoms with E-state index in [1.165, 1.54) is 32.4 Å². The van der Waals surface area contributed by atoms with Crippen LogP contribution in [-0.4, -0.2) is 34.3 Å². The predicted molar refractivity (Wildman–Crippen MR) is 91.5 cm³/mol. The van der Waals surface area contributed by atoms with E-state index in [9.17, 15) is 17.9 Å². The van der Waals surface area contributed by atoms with Gasteiger partial charge in [0.2, 0.25) is 10.0 Å². The summed E-state index contributed by atoms with van der Waals surface area (Å²) in [4.78, 5) is 0. The van der Waals surface area contributed by atoms with Crippen LogP contribution in [0.5, 0.6) is 11.5 Å². The highest BCUT2D eigenvalue weighted by Gasteiger charge is 2.18. The number of hydrogen-bond donors (Lipinski definition) is 2. The third-order valence-corrected chi connectivity index (χ3v) is 4.89. The average Bonchev–Trinajstić information content (AvgIpc) is 2.61. The molecular weight excluding hydrogens is 349 g/mol. The van der Waals surface area contributed by atoms with Crippen molar-refractivity contribution in [3.05, 3.63) is 59.4 Å². The second kappa shape index (κ2) is 8.28. The van der Waals surface area contributed by atoms with Crippen LogP contribution in [0.15, 0.2) is 42.5 Å². The van der Waals surface area contributed by atoms with Gasteiger partial charge in [-0.05, 0) is 23.8 Å². The summed E-state index contributed by atoms with van der Waals surface area (Å²) in [6.45, 7) is -0.244. The molecule has 0 aliphatic carbocycles. The number of nitrogens with one attached hydrogen (secondary N) is 1. The van der Waals surface area contributed by atoms with Crippen LogP contribution in [0.3, 0.4) is 0 Å². The molecule has 2 aromatic rings. The van der Waals surface area contributed by atoms with Gasteiger partial charge in [-0.3, -0.25) is 0 Å². The van der Waals surface area contributed by atoms with Gasteiger partial charge in [0.05, 0.1) is 26.1 Å². The molecule has 0 amide bonds. The van der Waals surface area contributed by atoms with Crippen molar-refractivity contribution in [2.24, 2.45) is 0 Å². The number of sulfonamides is 1. The summed E-state index contributed by atoms with van der Waals surface area (Å²) in [5, 5.41) is 10.2. The molecule has 0 fully saturated rings. The number of halogens is 1. The second-order valence-corrected chi connectivity index (χ2v) is 7.14. The second-order valence-electron chi connectivity index (χ2n) is 5.33. The number of ether oxygens (including phenoxy) is 2. The summed E-state index contributed by atoms with van der Waals surface area (Å²) < 4.78 is 50.3. The minimum Gasteiger partial charge on any atom is -0.493 e. The van der Waals surface area contributed by atoms with E-state index in [0.29, 0.717) is 17.1 Å². The van der Waals surface area contributed by atoms with Gasteiger partial charge >= 0.3 is 0 Å². The average molecular weight is 369 g/mol. The monoisotopic (exact) mass is 369 g/mol. The van der Waals surface area contributed by atoms with Gasteiger partial charge < -0.3 is 14.6 Å². The molecule has 1 unspecified atom stereocenters. The third kappa shape index (κ3) is 5.15. The molecule has 1 atom stereocenters. The fraction of sp³-hybridized carbons (Fsp3) is 0.294. The van der Waals surface area contributed by atoms with Crippen LogP contribution in [0.4, 0.5) is 4.39 Å². The predicted octanol–water partition coefficient (Wildman–Crippen LogP) is 2.00. The highest BCUT2D eigenvalue weighted by molar-refractivity contribution is 7.88. The Morgan fingerprint density at radius 3 is 2.44 bits per heavy atom.